The van der Waals surface area contributed by atoms with Gasteiger partial charge in [-0.25, -0.2) is 0 Å². The molecule has 0 saturated carbocycles. The van der Waals surface area contributed by atoms with Gasteiger partial charge in [0.05, 0.1) is 18.5 Å². The highest BCUT2D eigenvalue weighted by atomic mass is 31.2. The first-order valence-corrected chi connectivity index (χ1v) is 22.7. The molecule has 0 rings (SSSR count). The first-order chi connectivity index (χ1) is 20.7. The van der Waals surface area contributed by atoms with Crippen LogP contribution in [0.4, 0.5) is 0 Å². The van der Waals surface area contributed by atoms with Gasteiger partial charge in [-0.2, -0.15) is 0 Å². The van der Waals surface area contributed by atoms with Gasteiger partial charge in [-0.3, -0.25) is 5.73 Å². The Morgan fingerprint density at radius 2 is 0.524 bits per heavy atom. The van der Waals surface area contributed by atoms with Gasteiger partial charge >= 0.3 is 0 Å². The fourth-order valence-corrected chi connectivity index (χ4v) is 12.1. The van der Waals surface area contributed by atoms with Crippen molar-refractivity contribution in [2.24, 2.45) is 5.73 Å². The van der Waals surface area contributed by atoms with E-state index < -0.39 is 7.26 Å². The molecule has 0 aliphatic heterocycles. The van der Waals surface area contributed by atoms with Crippen molar-refractivity contribution in [1.29, 1.82) is 0 Å². The number of hydrogen-bond donors (Lipinski definition) is 1. The van der Waals surface area contributed by atoms with Crippen molar-refractivity contribution in [1.82, 2.24) is 0 Å². The second-order valence-corrected chi connectivity index (χ2v) is 18.7. The number of rotatable bonds is 36. The second kappa shape index (κ2) is 34.3. The smallest absolute Gasteiger partial charge is 0.117 e. The Bertz CT molecular complexity index is 451. The summed E-state index contributed by atoms with van der Waals surface area (Å²) in [7, 11) is -1.06. The van der Waals surface area contributed by atoms with Crippen molar-refractivity contribution in [2.75, 3.05) is 18.5 Å². The van der Waals surface area contributed by atoms with Crippen LogP contribution < -0.4 is 5.73 Å². The van der Waals surface area contributed by atoms with Crippen LogP contribution in [0.5, 0.6) is 0 Å². The summed E-state index contributed by atoms with van der Waals surface area (Å²) in [5, 5.41) is 0. The summed E-state index contributed by atoms with van der Waals surface area (Å²) < 4.78 is 0. The van der Waals surface area contributed by atoms with Crippen molar-refractivity contribution in [3.8, 4) is 0 Å². The molecule has 0 heterocycles. The zero-order valence-corrected chi connectivity index (χ0v) is 31.2. The summed E-state index contributed by atoms with van der Waals surface area (Å²) in [4.78, 5) is 0. The molecule has 0 fully saturated rings. The molecule has 1 atom stereocenters. The van der Waals surface area contributed by atoms with Gasteiger partial charge in [0.2, 0.25) is 0 Å². The zero-order valence-electron chi connectivity index (χ0n) is 30.4. The van der Waals surface area contributed by atoms with E-state index >= 15 is 0 Å². The van der Waals surface area contributed by atoms with Gasteiger partial charge in [0.1, 0.15) is 5.78 Å². The lowest BCUT2D eigenvalue weighted by atomic mass is 10.0. The maximum absolute atomic E-state index is 7.33. The molecule has 0 aromatic heterocycles. The Hall–Kier alpha value is 0.390. The van der Waals surface area contributed by atoms with Crippen LogP contribution in [0.25, 0.3) is 0 Å². The SMILES string of the molecule is CCCCCCCCCCCCCCCC(N)[P+](CCCCCCCC)(CCCCCCCC)CCCCCCCC. The number of hydrogen-bond acceptors (Lipinski definition) is 1. The predicted octanol–water partition coefficient (Wildman–Crippen LogP) is 14.9. The van der Waals surface area contributed by atoms with E-state index in [4.69, 9.17) is 5.73 Å². The van der Waals surface area contributed by atoms with Crippen LogP contribution >= 0.6 is 7.26 Å². The summed E-state index contributed by atoms with van der Waals surface area (Å²) in [6.07, 6.45) is 50.5. The molecule has 1 unspecified atom stereocenters. The van der Waals surface area contributed by atoms with Crippen LogP contribution in [0.3, 0.4) is 0 Å². The average Bonchev–Trinajstić information content (AvgIpc) is 3.00. The molecule has 0 amide bonds. The molecule has 0 aromatic rings. The topological polar surface area (TPSA) is 26.0 Å². The first kappa shape index (κ1) is 42.4. The average molecular weight is 611 g/mol. The first-order valence-electron chi connectivity index (χ1n) is 20.3. The third-order valence-corrected chi connectivity index (χ3v) is 15.5. The zero-order chi connectivity index (χ0) is 30.8. The lowest BCUT2D eigenvalue weighted by Gasteiger charge is -2.34. The Balaban J connectivity index is 4.72. The summed E-state index contributed by atoms with van der Waals surface area (Å²) in [6.45, 7) is 9.34. The largest absolute Gasteiger partial charge is 0.297 e. The van der Waals surface area contributed by atoms with Crippen molar-refractivity contribution in [3.63, 3.8) is 0 Å². The maximum Gasteiger partial charge on any atom is 0.117 e. The van der Waals surface area contributed by atoms with Gasteiger partial charge < -0.3 is 0 Å². The normalized spacial score (nSPS) is 12.8. The van der Waals surface area contributed by atoms with E-state index in [-0.39, 0.29) is 0 Å². The van der Waals surface area contributed by atoms with Crippen molar-refractivity contribution >= 4 is 7.26 Å². The van der Waals surface area contributed by atoms with Gasteiger partial charge in [-0.1, -0.05) is 182 Å². The fraction of sp³-hybridized carbons (Fsp3) is 1.00. The van der Waals surface area contributed by atoms with E-state index in [1.54, 1.807) is 0 Å². The molecule has 1 nitrogen and oxygen atoms in total. The highest BCUT2D eigenvalue weighted by Crippen LogP contribution is 2.64. The Morgan fingerprint density at radius 1 is 0.310 bits per heavy atom. The van der Waals surface area contributed by atoms with Gasteiger partial charge in [-0.15, -0.1) is 0 Å². The molecule has 0 spiro atoms. The van der Waals surface area contributed by atoms with E-state index in [0.29, 0.717) is 5.78 Å². The standard InChI is InChI=1S/C40H85NP/c1-5-9-13-17-21-22-23-24-25-26-27-28-32-36-40(41)42(37-33-29-18-14-10-6-2,38-34-30-19-15-11-7-3)39-35-31-20-16-12-8-4/h40H,5-39,41H2,1-4H3/q+1. The van der Waals surface area contributed by atoms with Crippen molar-refractivity contribution in [3.05, 3.63) is 0 Å². The highest BCUT2D eigenvalue weighted by Gasteiger charge is 2.41. The minimum absolute atomic E-state index is 0.534. The third kappa shape index (κ3) is 26.8. The maximum atomic E-state index is 7.33. The Labute approximate surface area is 269 Å². The highest BCUT2D eigenvalue weighted by molar-refractivity contribution is 7.76. The second-order valence-electron chi connectivity index (χ2n) is 14.3. The summed E-state index contributed by atoms with van der Waals surface area (Å²) in [5.74, 6) is 0.534. The quantitative estimate of drug-likeness (QED) is 0.0554. The monoisotopic (exact) mass is 611 g/mol. The van der Waals surface area contributed by atoms with Gasteiger partial charge in [0.25, 0.3) is 0 Å². The summed E-state index contributed by atoms with van der Waals surface area (Å²) in [6, 6.07) is 0. The molecule has 254 valence electrons. The van der Waals surface area contributed by atoms with E-state index in [1.165, 1.54) is 224 Å². The predicted molar refractivity (Wildman–Crippen MR) is 200 cm³/mol. The molecular formula is C40H85NP+. The lowest BCUT2D eigenvalue weighted by molar-refractivity contribution is 0.533. The van der Waals surface area contributed by atoms with Gasteiger partial charge in [0, 0.05) is 7.26 Å². The van der Waals surface area contributed by atoms with E-state index in [1.807, 2.05) is 0 Å². The van der Waals surface area contributed by atoms with E-state index in [0.717, 1.165) is 0 Å². The van der Waals surface area contributed by atoms with Crippen LogP contribution in [-0.2, 0) is 0 Å². The van der Waals surface area contributed by atoms with Gasteiger partial charge in [-0.05, 0) is 51.4 Å². The van der Waals surface area contributed by atoms with Gasteiger partial charge in [0.15, 0.2) is 0 Å². The number of unbranched alkanes of at least 4 members (excludes halogenated alkanes) is 27. The van der Waals surface area contributed by atoms with Crippen LogP contribution in [0, 0.1) is 0 Å². The molecule has 0 aromatic carbocycles. The lowest BCUT2D eigenvalue weighted by Crippen LogP contribution is -2.30. The Morgan fingerprint density at radius 3 is 0.786 bits per heavy atom. The summed E-state index contributed by atoms with van der Waals surface area (Å²) in [5.41, 5.74) is 7.33. The van der Waals surface area contributed by atoms with E-state index in [2.05, 4.69) is 27.7 Å². The van der Waals surface area contributed by atoms with Crippen LogP contribution in [0.1, 0.15) is 233 Å². The minimum atomic E-state index is -1.06. The summed E-state index contributed by atoms with van der Waals surface area (Å²) >= 11 is 0. The Kier molecular flexibility index (Phi) is 34.6. The molecule has 0 aliphatic carbocycles. The minimum Gasteiger partial charge on any atom is -0.297 e. The molecule has 2 heteroatoms. The third-order valence-electron chi connectivity index (χ3n) is 10.2. The molecular weight excluding hydrogens is 525 g/mol. The van der Waals surface area contributed by atoms with Crippen LogP contribution in [-0.4, -0.2) is 24.3 Å². The number of nitrogens with two attached hydrogens (primary N) is 1. The van der Waals surface area contributed by atoms with Crippen LogP contribution in [0.15, 0.2) is 0 Å². The molecule has 0 bridgehead atoms. The van der Waals surface area contributed by atoms with Crippen molar-refractivity contribution < 1.29 is 0 Å². The van der Waals surface area contributed by atoms with Crippen LogP contribution in [0.2, 0.25) is 0 Å². The molecule has 0 saturated heterocycles. The van der Waals surface area contributed by atoms with Crippen molar-refractivity contribution in [2.45, 2.75) is 239 Å². The molecule has 2 N–H and O–H groups in total. The molecule has 42 heavy (non-hydrogen) atoms. The molecule has 0 aliphatic rings. The van der Waals surface area contributed by atoms with E-state index in [9.17, 15) is 0 Å². The molecule has 0 radical (unpaired) electrons. The fourth-order valence-electron chi connectivity index (χ4n) is 7.10.